The van der Waals surface area contributed by atoms with Crippen LogP contribution in [0.3, 0.4) is 0 Å². The molecule has 0 fully saturated rings. The topological polar surface area (TPSA) is 61.9 Å². The quantitative estimate of drug-likeness (QED) is 0.835. The van der Waals surface area contributed by atoms with Gasteiger partial charge in [-0.05, 0) is 12.1 Å². The first-order valence-corrected chi connectivity index (χ1v) is 5.95. The van der Waals surface area contributed by atoms with Crippen LogP contribution in [-0.2, 0) is 7.05 Å². The Hall–Kier alpha value is -2.61. The minimum absolute atomic E-state index is 0.177. The number of anilines is 2. The molecule has 5 heteroatoms. The molecule has 0 spiro atoms. The number of nitrogens with zero attached hydrogens (tertiary/aromatic N) is 4. The summed E-state index contributed by atoms with van der Waals surface area (Å²) in [4.78, 5) is 18.0. The molecule has 1 aromatic carbocycles. The van der Waals surface area contributed by atoms with E-state index in [4.69, 9.17) is 5.26 Å². The van der Waals surface area contributed by atoms with Gasteiger partial charge in [-0.3, -0.25) is 4.79 Å². The van der Waals surface area contributed by atoms with Gasteiger partial charge in [0.05, 0.1) is 12.5 Å². The minimum atomic E-state index is -0.177. The molecule has 0 atom stereocenters. The minimum Gasteiger partial charge on any atom is -0.321 e. The largest absolute Gasteiger partial charge is 0.321 e. The van der Waals surface area contributed by atoms with E-state index < -0.39 is 0 Å². The highest BCUT2D eigenvalue weighted by atomic mass is 16.1. The second kappa shape index (κ2) is 5.83. The molecule has 0 amide bonds. The van der Waals surface area contributed by atoms with Crippen molar-refractivity contribution in [2.24, 2.45) is 7.05 Å². The summed E-state index contributed by atoms with van der Waals surface area (Å²) in [7, 11) is 1.68. The standard InChI is InChI=1S/C14H14N4O/c1-17-11-9-16-13(14(17)19)18(10-5-8-15)12-6-3-2-4-7-12/h2-4,6-7,9,11H,5,10H2,1H3. The van der Waals surface area contributed by atoms with Crippen molar-refractivity contribution in [3.63, 3.8) is 0 Å². The summed E-state index contributed by atoms with van der Waals surface area (Å²) >= 11 is 0. The van der Waals surface area contributed by atoms with Crippen LogP contribution < -0.4 is 10.5 Å². The van der Waals surface area contributed by atoms with Crippen LogP contribution >= 0.6 is 0 Å². The summed E-state index contributed by atoms with van der Waals surface area (Å²) < 4.78 is 1.48. The molecule has 1 aromatic heterocycles. The first-order chi connectivity index (χ1) is 9.24. The van der Waals surface area contributed by atoms with Gasteiger partial charge in [0, 0.05) is 31.7 Å². The molecule has 0 saturated carbocycles. The highest BCUT2D eigenvalue weighted by Crippen LogP contribution is 2.20. The lowest BCUT2D eigenvalue weighted by Crippen LogP contribution is -2.29. The van der Waals surface area contributed by atoms with Crippen LogP contribution in [0.5, 0.6) is 0 Å². The number of benzene rings is 1. The van der Waals surface area contributed by atoms with Gasteiger partial charge in [-0.15, -0.1) is 0 Å². The lowest BCUT2D eigenvalue weighted by atomic mass is 10.2. The van der Waals surface area contributed by atoms with E-state index in [1.165, 1.54) is 4.57 Å². The number of rotatable bonds is 4. The van der Waals surface area contributed by atoms with Crippen molar-refractivity contribution in [1.29, 1.82) is 5.26 Å². The molecule has 96 valence electrons. The second-order valence-electron chi connectivity index (χ2n) is 4.06. The summed E-state index contributed by atoms with van der Waals surface area (Å²) in [5.74, 6) is 0.339. The fourth-order valence-corrected chi connectivity index (χ4v) is 1.80. The third-order valence-corrected chi connectivity index (χ3v) is 2.77. The van der Waals surface area contributed by atoms with Gasteiger partial charge in [-0.1, -0.05) is 18.2 Å². The van der Waals surface area contributed by atoms with Crippen molar-refractivity contribution in [3.05, 3.63) is 53.1 Å². The molecule has 19 heavy (non-hydrogen) atoms. The molecule has 0 aliphatic heterocycles. The van der Waals surface area contributed by atoms with Gasteiger partial charge in [-0.2, -0.15) is 5.26 Å². The summed E-state index contributed by atoms with van der Waals surface area (Å²) in [6, 6.07) is 11.6. The number of nitriles is 1. The van der Waals surface area contributed by atoms with Crippen molar-refractivity contribution in [3.8, 4) is 6.07 Å². The zero-order valence-corrected chi connectivity index (χ0v) is 10.7. The smallest absolute Gasteiger partial charge is 0.293 e. The highest BCUT2D eigenvalue weighted by Gasteiger charge is 2.14. The summed E-state index contributed by atoms with van der Waals surface area (Å²) in [5, 5.41) is 8.75. The number of aromatic nitrogens is 2. The summed E-state index contributed by atoms with van der Waals surface area (Å²) in [6.45, 7) is 0.437. The average Bonchev–Trinajstić information content (AvgIpc) is 2.45. The van der Waals surface area contributed by atoms with Crippen LogP contribution in [0, 0.1) is 11.3 Å². The van der Waals surface area contributed by atoms with Crippen molar-refractivity contribution in [1.82, 2.24) is 9.55 Å². The van der Waals surface area contributed by atoms with Crippen LogP contribution in [0.1, 0.15) is 6.42 Å². The Bertz CT molecular complexity index is 642. The number of aryl methyl sites for hydroxylation is 1. The van der Waals surface area contributed by atoms with Crippen LogP contribution in [-0.4, -0.2) is 16.1 Å². The van der Waals surface area contributed by atoms with E-state index >= 15 is 0 Å². The monoisotopic (exact) mass is 254 g/mol. The van der Waals surface area contributed by atoms with Gasteiger partial charge in [0.25, 0.3) is 5.56 Å². The van der Waals surface area contributed by atoms with Crippen molar-refractivity contribution >= 4 is 11.5 Å². The Balaban J connectivity index is 2.47. The Labute approximate surface area is 111 Å². The molecule has 0 aliphatic carbocycles. The molecule has 0 N–H and O–H groups in total. The molecule has 0 bridgehead atoms. The number of hydrogen-bond donors (Lipinski definition) is 0. The molecular weight excluding hydrogens is 240 g/mol. The van der Waals surface area contributed by atoms with E-state index in [1.54, 1.807) is 24.3 Å². The summed E-state index contributed by atoms with van der Waals surface area (Å²) in [6.07, 6.45) is 3.52. The number of hydrogen-bond acceptors (Lipinski definition) is 4. The van der Waals surface area contributed by atoms with Gasteiger partial charge in [-0.25, -0.2) is 4.98 Å². The third kappa shape index (κ3) is 2.80. The molecule has 2 aromatic rings. The van der Waals surface area contributed by atoms with Gasteiger partial charge >= 0.3 is 0 Å². The van der Waals surface area contributed by atoms with Gasteiger partial charge in [0.15, 0.2) is 5.82 Å². The highest BCUT2D eigenvalue weighted by molar-refractivity contribution is 5.58. The molecular formula is C14H14N4O. The van der Waals surface area contributed by atoms with E-state index in [2.05, 4.69) is 11.1 Å². The van der Waals surface area contributed by atoms with Crippen molar-refractivity contribution in [2.45, 2.75) is 6.42 Å². The predicted molar refractivity (Wildman–Crippen MR) is 73.2 cm³/mol. The SMILES string of the molecule is Cn1ccnc(N(CCC#N)c2ccccc2)c1=O. The van der Waals surface area contributed by atoms with Gasteiger partial charge < -0.3 is 9.47 Å². The fourth-order valence-electron chi connectivity index (χ4n) is 1.80. The molecule has 2 rings (SSSR count). The van der Waals surface area contributed by atoms with Crippen LogP contribution in [0.2, 0.25) is 0 Å². The van der Waals surface area contributed by atoms with Crippen LogP contribution in [0.25, 0.3) is 0 Å². The second-order valence-corrected chi connectivity index (χ2v) is 4.06. The van der Waals surface area contributed by atoms with E-state index in [9.17, 15) is 4.79 Å². The van der Waals surface area contributed by atoms with Gasteiger partial charge in [0.1, 0.15) is 0 Å². The van der Waals surface area contributed by atoms with Gasteiger partial charge in [0.2, 0.25) is 0 Å². The predicted octanol–water partition coefficient (Wildman–Crippen LogP) is 1.83. The third-order valence-electron chi connectivity index (χ3n) is 2.77. The zero-order valence-electron chi connectivity index (χ0n) is 10.7. The van der Waals surface area contributed by atoms with Crippen LogP contribution in [0.15, 0.2) is 47.5 Å². The zero-order chi connectivity index (χ0) is 13.7. The Morgan fingerprint density at radius 3 is 2.79 bits per heavy atom. The lowest BCUT2D eigenvalue weighted by Gasteiger charge is -2.22. The maximum atomic E-state index is 12.1. The molecule has 0 radical (unpaired) electrons. The Morgan fingerprint density at radius 2 is 2.11 bits per heavy atom. The normalized spacial score (nSPS) is 9.89. The first-order valence-electron chi connectivity index (χ1n) is 5.95. The number of para-hydroxylation sites is 1. The maximum Gasteiger partial charge on any atom is 0.293 e. The van der Waals surface area contributed by atoms with E-state index in [0.29, 0.717) is 18.8 Å². The fraction of sp³-hybridized carbons (Fsp3) is 0.214. The molecule has 0 aliphatic rings. The van der Waals surface area contributed by atoms with Crippen LogP contribution in [0.4, 0.5) is 11.5 Å². The van der Waals surface area contributed by atoms with Crippen molar-refractivity contribution in [2.75, 3.05) is 11.4 Å². The van der Waals surface area contributed by atoms with Crippen molar-refractivity contribution < 1.29 is 0 Å². The van der Waals surface area contributed by atoms with E-state index in [-0.39, 0.29) is 5.56 Å². The Kier molecular flexibility index (Phi) is 3.94. The molecule has 0 unspecified atom stereocenters. The summed E-state index contributed by atoms with van der Waals surface area (Å²) in [5.41, 5.74) is 0.679. The molecule has 1 heterocycles. The van der Waals surface area contributed by atoms with E-state index in [0.717, 1.165) is 5.69 Å². The van der Waals surface area contributed by atoms with E-state index in [1.807, 2.05) is 30.3 Å². The Morgan fingerprint density at radius 1 is 1.37 bits per heavy atom. The maximum absolute atomic E-state index is 12.1. The lowest BCUT2D eigenvalue weighted by molar-refractivity contribution is 0.815. The molecule has 5 nitrogen and oxygen atoms in total. The molecule has 0 saturated heterocycles. The average molecular weight is 254 g/mol. The first kappa shape index (κ1) is 12.8.